The van der Waals surface area contributed by atoms with Crippen molar-refractivity contribution in [3.05, 3.63) is 48.3 Å². The second kappa shape index (κ2) is 5.53. The van der Waals surface area contributed by atoms with Gasteiger partial charge in [-0.05, 0) is 50.0 Å². The number of para-hydroxylation sites is 1. The molecule has 3 rings (SSSR count). The minimum Gasteiger partial charge on any atom is -0.317 e. The molecule has 19 heavy (non-hydrogen) atoms. The van der Waals surface area contributed by atoms with Crippen LogP contribution in [0.1, 0.15) is 24.7 Å². The molecule has 0 saturated carbocycles. The highest BCUT2D eigenvalue weighted by Crippen LogP contribution is 2.32. The number of benzene rings is 1. The molecule has 1 aromatic heterocycles. The average molecular weight is 259 g/mol. The number of alkyl halides is 1. The maximum Gasteiger partial charge on any atom is 0.145 e. The van der Waals surface area contributed by atoms with Crippen LogP contribution in [0.5, 0.6) is 0 Å². The lowest BCUT2D eigenvalue weighted by Gasteiger charge is -2.26. The Labute approximate surface area is 112 Å². The summed E-state index contributed by atoms with van der Waals surface area (Å²) >= 11 is 0. The molecule has 0 spiro atoms. The van der Waals surface area contributed by atoms with Gasteiger partial charge in [0.05, 0.1) is 11.4 Å². The highest BCUT2D eigenvalue weighted by Gasteiger charge is 2.27. The highest BCUT2D eigenvalue weighted by atomic mass is 19.1. The zero-order chi connectivity index (χ0) is 13.1. The van der Waals surface area contributed by atoms with Crippen molar-refractivity contribution < 1.29 is 4.39 Å². The number of aromatic nitrogens is 2. The Hall–Kier alpha value is -1.68. The van der Waals surface area contributed by atoms with Crippen LogP contribution < -0.4 is 5.32 Å². The van der Waals surface area contributed by atoms with Gasteiger partial charge in [0, 0.05) is 6.20 Å². The average Bonchev–Trinajstić information content (AvgIpc) is 2.98. The molecule has 1 saturated heterocycles. The molecule has 2 heterocycles. The van der Waals surface area contributed by atoms with Crippen LogP contribution in [0.2, 0.25) is 0 Å². The third kappa shape index (κ3) is 2.54. The van der Waals surface area contributed by atoms with Crippen molar-refractivity contribution >= 4 is 0 Å². The number of halogens is 1. The van der Waals surface area contributed by atoms with Gasteiger partial charge in [0.15, 0.2) is 0 Å². The summed E-state index contributed by atoms with van der Waals surface area (Å²) in [5.74, 6) is 0.0976. The number of rotatable bonds is 3. The van der Waals surface area contributed by atoms with Gasteiger partial charge in [-0.1, -0.05) is 18.2 Å². The third-order valence-corrected chi connectivity index (χ3v) is 3.75. The fraction of sp³-hybridized carbons (Fsp3) is 0.400. The lowest BCUT2D eigenvalue weighted by atomic mass is 9.91. The molecule has 1 aromatic carbocycles. The van der Waals surface area contributed by atoms with E-state index < -0.39 is 6.17 Å². The van der Waals surface area contributed by atoms with E-state index in [2.05, 4.69) is 10.4 Å². The normalized spacial score (nSPS) is 18.4. The van der Waals surface area contributed by atoms with Crippen LogP contribution in [0, 0.1) is 5.92 Å². The van der Waals surface area contributed by atoms with Gasteiger partial charge >= 0.3 is 0 Å². The van der Waals surface area contributed by atoms with Crippen molar-refractivity contribution in [3.8, 4) is 5.69 Å². The Bertz CT molecular complexity index is 517. The summed E-state index contributed by atoms with van der Waals surface area (Å²) in [7, 11) is 0. The van der Waals surface area contributed by atoms with Crippen LogP contribution in [0.3, 0.4) is 0 Å². The molecule has 1 fully saturated rings. The standard InChI is InChI=1S/C15H18FN3/c16-15(12-6-9-17-10-7-12)14-8-11-18-19(14)13-4-2-1-3-5-13/h1-5,8,11-12,15,17H,6-7,9-10H2. The molecule has 1 atom stereocenters. The van der Waals surface area contributed by atoms with Gasteiger partial charge in [0.25, 0.3) is 0 Å². The molecule has 1 N–H and O–H groups in total. The quantitative estimate of drug-likeness (QED) is 0.918. The number of nitrogens with zero attached hydrogens (tertiary/aromatic N) is 2. The fourth-order valence-electron chi connectivity index (χ4n) is 2.69. The lowest BCUT2D eigenvalue weighted by Crippen LogP contribution is -2.30. The zero-order valence-electron chi connectivity index (χ0n) is 10.8. The first-order valence-corrected chi connectivity index (χ1v) is 6.80. The van der Waals surface area contributed by atoms with Gasteiger partial charge in [-0.25, -0.2) is 9.07 Å². The van der Waals surface area contributed by atoms with Gasteiger partial charge in [-0.3, -0.25) is 0 Å². The summed E-state index contributed by atoms with van der Waals surface area (Å²) in [4.78, 5) is 0. The van der Waals surface area contributed by atoms with Crippen molar-refractivity contribution in [2.75, 3.05) is 13.1 Å². The monoisotopic (exact) mass is 259 g/mol. The molecule has 2 aromatic rings. The van der Waals surface area contributed by atoms with Crippen LogP contribution in [0.15, 0.2) is 42.6 Å². The minimum absolute atomic E-state index is 0.0976. The van der Waals surface area contributed by atoms with Gasteiger partial charge in [-0.15, -0.1) is 0 Å². The van der Waals surface area contributed by atoms with E-state index in [4.69, 9.17) is 0 Å². The fourth-order valence-corrected chi connectivity index (χ4v) is 2.69. The van der Waals surface area contributed by atoms with E-state index in [1.165, 1.54) is 0 Å². The third-order valence-electron chi connectivity index (χ3n) is 3.75. The van der Waals surface area contributed by atoms with Crippen molar-refractivity contribution in [2.24, 2.45) is 5.92 Å². The van der Waals surface area contributed by atoms with Gasteiger partial charge in [0.1, 0.15) is 6.17 Å². The first kappa shape index (κ1) is 12.4. The molecule has 100 valence electrons. The second-order valence-corrected chi connectivity index (χ2v) is 4.99. The molecule has 4 heteroatoms. The van der Waals surface area contributed by atoms with Crippen LogP contribution >= 0.6 is 0 Å². The number of nitrogens with one attached hydrogen (secondary N) is 1. The van der Waals surface area contributed by atoms with E-state index in [1.807, 2.05) is 30.3 Å². The van der Waals surface area contributed by atoms with Crippen molar-refractivity contribution in [1.82, 2.24) is 15.1 Å². The van der Waals surface area contributed by atoms with Crippen molar-refractivity contribution in [3.63, 3.8) is 0 Å². The largest absolute Gasteiger partial charge is 0.317 e. The van der Waals surface area contributed by atoms with Crippen molar-refractivity contribution in [1.29, 1.82) is 0 Å². The first-order chi connectivity index (χ1) is 9.36. The number of hydrogen-bond donors (Lipinski definition) is 1. The molecule has 1 unspecified atom stereocenters. The summed E-state index contributed by atoms with van der Waals surface area (Å²) < 4.78 is 16.4. The molecule has 1 aliphatic heterocycles. The van der Waals surface area contributed by atoms with Crippen LogP contribution in [-0.2, 0) is 0 Å². The van der Waals surface area contributed by atoms with Crippen molar-refractivity contribution in [2.45, 2.75) is 19.0 Å². The Balaban J connectivity index is 1.87. The van der Waals surface area contributed by atoms with Crippen LogP contribution in [0.4, 0.5) is 4.39 Å². The summed E-state index contributed by atoms with van der Waals surface area (Å²) in [6, 6.07) is 11.5. The van der Waals surface area contributed by atoms with E-state index >= 15 is 0 Å². The molecule has 0 bridgehead atoms. The Morgan fingerprint density at radius 2 is 1.89 bits per heavy atom. The molecule has 1 aliphatic rings. The summed E-state index contributed by atoms with van der Waals surface area (Å²) in [6.07, 6.45) is 2.52. The molecular formula is C15H18FN3. The van der Waals surface area contributed by atoms with E-state index in [1.54, 1.807) is 16.9 Å². The van der Waals surface area contributed by atoms with Gasteiger partial charge in [0.2, 0.25) is 0 Å². The van der Waals surface area contributed by atoms with Gasteiger partial charge in [-0.2, -0.15) is 5.10 Å². The Morgan fingerprint density at radius 1 is 1.16 bits per heavy atom. The second-order valence-electron chi connectivity index (χ2n) is 4.99. The SMILES string of the molecule is FC(c1ccnn1-c1ccccc1)C1CCNCC1. The van der Waals surface area contributed by atoms with E-state index in [0.717, 1.165) is 31.6 Å². The van der Waals surface area contributed by atoms with Crippen LogP contribution in [0.25, 0.3) is 5.69 Å². The van der Waals surface area contributed by atoms with Gasteiger partial charge < -0.3 is 5.32 Å². The Kier molecular flexibility index (Phi) is 3.60. The predicted molar refractivity (Wildman–Crippen MR) is 73.0 cm³/mol. The maximum absolute atomic E-state index is 14.7. The van der Waals surface area contributed by atoms with E-state index in [0.29, 0.717) is 5.69 Å². The smallest absolute Gasteiger partial charge is 0.145 e. The predicted octanol–water partition coefficient (Wildman–Crippen LogP) is 2.88. The minimum atomic E-state index is -0.940. The molecule has 0 radical (unpaired) electrons. The number of piperidine rings is 1. The maximum atomic E-state index is 14.7. The molecule has 0 aliphatic carbocycles. The lowest BCUT2D eigenvalue weighted by molar-refractivity contribution is 0.183. The summed E-state index contributed by atoms with van der Waals surface area (Å²) in [6.45, 7) is 1.81. The zero-order valence-corrected chi connectivity index (χ0v) is 10.8. The topological polar surface area (TPSA) is 29.9 Å². The summed E-state index contributed by atoms with van der Waals surface area (Å²) in [5, 5.41) is 7.54. The highest BCUT2D eigenvalue weighted by molar-refractivity contribution is 5.33. The first-order valence-electron chi connectivity index (χ1n) is 6.80. The molecular weight excluding hydrogens is 241 g/mol. The summed E-state index contributed by atoms with van der Waals surface area (Å²) in [5.41, 5.74) is 1.58. The van der Waals surface area contributed by atoms with E-state index in [9.17, 15) is 4.39 Å². The van der Waals surface area contributed by atoms with E-state index in [-0.39, 0.29) is 5.92 Å². The van der Waals surface area contributed by atoms with Crippen LogP contribution in [-0.4, -0.2) is 22.9 Å². The molecule has 3 nitrogen and oxygen atoms in total. The Morgan fingerprint density at radius 3 is 2.63 bits per heavy atom. The molecule has 0 amide bonds. The number of hydrogen-bond acceptors (Lipinski definition) is 2.